The summed E-state index contributed by atoms with van der Waals surface area (Å²) in [4.78, 5) is 8.11. The van der Waals surface area contributed by atoms with Crippen molar-refractivity contribution >= 4 is 0 Å². The van der Waals surface area contributed by atoms with Gasteiger partial charge < -0.3 is 5.21 Å². The summed E-state index contributed by atoms with van der Waals surface area (Å²) in [6.07, 6.45) is 0. The zero-order valence-electron chi connectivity index (χ0n) is 1.80. The zero-order chi connectivity index (χ0) is 2.71. The fraction of sp³-hybridized carbons (Fsp3) is 0. The van der Waals surface area contributed by atoms with Gasteiger partial charge in [0.2, 0.25) is 0 Å². The van der Waals surface area contributed by atoms with E-state index in [0.29, 0.717) is 0 Å². The second kappa shape index (κ2) is 33.7. The van der Waals surface area contributed by atoms with Crippen LogP contribution in [-0.4, -0.2) is 5.21 Å². The lowest BCUT2D eigenvalue weighted by Gasteiger charge is -1.32. The van der Waals surface area contributed by atoms with Gasteiger partial charge in [-0.25, -0.2) is 0 Å². The van der Waals surface area contributed by atoms with Gasteiger partial charge in [0, 0.05) is 0 Å². The number of nitrogens with one attached hydrogen (secondary N) is 1. The molecule has 0 amide bonds. The Morgan fingerprint density at radius 3 is 1.75 bits per heavy atom. The van der Waals surface area contributed by atoms with Crippen LogP contribution in [0.5, 0.6) is 0 Å². The molecule has 4 heteroatoms. The first-order valence-electron chi connectivity index (χ1n) is 0.383. The van der Waals surface area contributed by atoms with Crippen molar-refractivity contribution in [1.29, 1.82) is 0 Å². The molecule has 0 saturated carbocycles. The molecule has 0 rings (SSSR count). The van der Waals surface area contributed by atoms with Gasteiger partial charge in [0.1, 0.15) is 0 Å². The van der Waals surface area contributed by atoms with Gasteiger partial charge in [-0.1, -0.05) is 0 Å². The summed E-state index contributed by atoms with van der Waals surface area (Å²) in [5.74, 6) is 0. The van der Waals surface area contributed by atoms with E-state index < -0.39 is 0 Å². The van der Waals surface area contributed by atoms with Gasteiger partial charge in [-0.2, -0.15) is 6.15 Å². The van der Waals surface area contributed by atoms with Crippen LogP contribution < -0.4 is 6.15 Å². The maximum Gasteiger partial charge on any atom is 0.152 e. The second-order valence-electron chi connectivity index (χ2n) is 0.0816. The van der Waals surface area contributed by atoms with Gasteiger partial charge in [0.15, 0.2) is 5.34 Å². The summed E-state index contributed by atoms with van der Waals surface area (Å²) in [5.41, 5.74) is 0. The molecule has 24 valence electrons. The van der Waals surface area contributed by atoms with E-state index >= 15 is 0 Å². The third kappa shape index (κ3) is 0.430. The molecule has 0 aromatic carbocycles. The highest BCUT2D eigenvalue weighted by Gasteiger charge is 1.18. The molecule has 0 aromatic rings. The van der Waals surface area contributed by atoms with Gasteiger partial charge in [0.05, 0.1) is 0 Å². The number of rotatable bonds is 0. The van der Waals surface area contributed by atoms with Crippen LogP contribution in [0, 0.1) is 4.91 Å². The second-order valence-corrected chi connectivity index (χ2v) is 0.0816. The Morgan fingerprint density at radius 1 is 1.75 bits per heavy atom. The lowest BCUT2D eigenvalue weighted by molar-refractivity contribution is 0.312. The third-order valence-corrected chi connectivity index (χ3v) is 0. The average Bonchev–Trinajstić information content (AvgIpc) is 0.918. The molecule has 0 spiro atoms. The van der Waals surface area contributed by atoms with Gasteiger partial charge in [-0.15, -0.1) is 4.91 Å². The van der Waals surface area contributed by atoms with Crippen LogP contribution in [0.25, 0.3) is 0 Å². The molecule has 0 aliphatic rings. The monoisotopic (exact) mass is 62.0 g/mol. The Bertz CT molecular complexity index is 11.5. The minimum atomic E-state index is 0. The van der Waals surface area contributed by atoms with Gasteiger partial charge >= 0.3 is 0 Å². The maximum absolute atomic E-state index is 8.11. The van der Waals surface area contributed by atoms with Crippen molar-refractivity contribution in [2.75, 3.05) is 0 Å². The summed E-state index contributed by atoms with van der Waals surface area (Å²) in [7, 11) is 0. The van der Waals surface area contributed by atoms with E-state index in [0.717, 1.165) is 0 Å². The van der Waals surface area contributed by atoms with E-state index in [1.807, 2.05) is 0 Å². The van der Waals surface area contributed by atoms with E-state index in [-0.39, 0.29) is 6.15 Å². The van der Waals surface area contributed by atoms with Crippen molar-refractivity contribution < 1.29 is 5.21 Å². The van der Waals surface area contributed by atoms with Crippen LogP contribution in [0.1, 0.15) is 0 Å². The van der Waals surface area contributed by atoms with Crippen LogP contribution in [0.3, 0.4) is 0 Å². The van der Waals surface area contributed by atoms with Crippen molar-refractivity contribution in [2.24, 2.45) is 5.34 Å². The molecule has 0 atom stereocenters. The lowest BCUT2D eigenvalue weighted by atomic mass is 13.4. The molecule has 0 aliphatic heterocycles. The first kappa shape index (κ1) is 10.1. The number of nitrogens with zero attached hydrogens (tertiary/aromatic N) is 1. The first-order valence-corrected chi connectivity index (χ1v) is 0.383. The van der Waals surface area contributed by atoms with E-state index in [4.69, 9.17) is 10.1 Å². The molecule has 0 aromatic heterocycles. The summed E-state index contributed by atoms with van der Waals surface area (Å²) in [6, 6.07) is 0. The highest BCUT2D eigenvalue weighted by molar-refractivity contribution is 3.83. The Kier molecular flexibility index (Phi) is 85.2. The van der Waals surface area contributed by atoms with Crippen LogP contribution in [0.4, 0.5) is 0 Å². The topological polar surface area (TPSA) is 81.7 Å². The standard InChI is InChI=1S/HNO2.HN/c2-1-3;/h(H,2,3);1H. The molecule has 4 heavy (non-hydrogen) atoms. The van der Waals surface area contributed by atoms with Crippen LogP contribution >= 0.6 is 0 Å². The molecular formula is H2N2O2. The lowest BCUT2D eigenvalue weighted by Crippen LogP contribution is -1.25. The van der Waals surface area contributed by atoms with Crippen LogP contribution in [0.15, 0.2) is 5.34 Å². The molecule has 2 radical (unpaired) electrons. The molecule has 0 bridgehead atoms. The first-order chi connectivity index (χ1) is 1.41. The van der Waals surface area contributed by atoms with Crippen LogP contribution in [-0.2, 0) is 0 Å². The maximum atomic E-state index is 8.11. The highest BCUT2D eigenvalue weighted by Crippen LogP contribution is 1.25. The minimum absolute atomic E-state index is 0. The SMILES string of the molecule is O=NO.[NH]. The van der Waals surface area contributed by atoms with Gasteiger partial charge in [-0.3, -0.25) is 0 Å². The van der Waals surface area contributed by atoms with Crippen molar-refractivity contribution in [3.63, 3.8) is 0 Å². The fourth-order valence-electron chi connectivity index (χ4n) is 0. The summed E-state index contributed by atoms with van der Waals surface area (Å²) in [5, 5.41) is 7.89. The van der Waals surface area contributed by atoms with Crippen molar-refractivity contribution in [2.45, 2.75) is 0 Å². The summed E-state index contributed by atoms with van der Waals surface area (Å²) < 4.78 is 0. The van der Waals surface area contributed by atoms with E-state index in [2.05, 4.69) is 0 Å². The van der Waals surface area contributed by atoms with Gasteiger partial charge in [0.25, 0.3) is 0 Å². The highest BCUT2D eigenvalue weighted by atomic mass is 16.6. The zero-order valence-corrected chi connectivity index (χ0v) is 1.80. The molecule has 0 heterocycles. The van der Waals surface area contributed by atoms with Crippen molar-refractivity contribution in [1.82, 2.24) is 6.15 Å². The largest absolute Gasteiger partial charge is 0.379 e. The molecule has 0 unspecified atom stereocenters. The summed E-state index contributed by atoms with van der Waals surface area (Å²) in [6.45, 7) is 0. The molecular weight excluding hydrogens is 60.0 g/mol. The normalized spacial score (nSPS) is 3.00. The van der Waals surface area contributed by atoms with E-state index in [1.54, 1.807) is 0 Å². The van der Waals surface area contributed by atoms with E-state index in [9.17, 15) is 0 Å². The fourth-order valence-corrected chi connectivity index (χ4v) is 0. The molecule has 0 aliphatic carbocycles. The molecule has 2 N–H and O–H groups in total. The minimum Gasteiger partial charge on any atom is -0.379 e. The molecule has 4 nitrogen and oxygen atoms in total. The Hall–Kier alpha value is -0.640. The Balaban J connectivity index is 0. The Labute approximate surface area is 23.0 Å². The van der Waals surface area contributed by atoms with Crippen molar-refractivity contribution in [3.05, 3.63) is 4.91 Å². The van der Waals surface area contributed by atoms with Crippen LogP contribution in [0.2, 0.25) is 0 Å². The number of hydrogen-bond acceptors (Lipinski definition) is 2. The number of hydrogen-bond donors (Lipinski definition) is 1. The third-order valence-electron chi connectivity index (χ3n) is 0. The Morgan fingerprint density at radius 2 is 1.75 bits per heavy atom. The predicted molar refractivity (Wildman–Crippen MR) is 10.7 cm³/mol. The van der Waals surface area contributed by atoms with Crippen molar-refractivity contribution in [3.8, 4) is 0 Å². The van der Waals surface area contributed by atoms with Gasteiger partial charge in [-0.05, 0) is 0 Å². The molecule has 0 fully saturated rings. The average molecular weight is 62.0 g/mol. The predicted octanol–water partition coefficient (Wildman–Crippen LogP) is -0.124. The quantitative estimate of drug-likeness (QED) is 0.313. The smallest absolute Gasteiger partial charge is 0.152 e. The molecule has 0 saturated heterocycles. The van der Waals surface area contributed by atoms with E-state index in [1.165, 1.54) is 5.34 Å². The summed E-state index contributed by atoms with van der Waals surface area (Å²) >= 11 is 0.